The molecule has 0 saturated heterocycles. The van der Waals surface area contributed by atoms with E-state index in [1.54, 1.807) is 6.92 Å². The number of hydrogen-bond donors (Lipinski definition) is 4. The Morgan fingerprint density at radius 1 is 1.08 bits per heavy atom. The summed E-state index contributed by atoms with van der Waals surface area (Å²) in [5.74, 6) is -2.47. The van der Waals surface area contributed by atoms with Gasteiger partial charge in [0, 0.05) is 18.1 Å². The van der Waals surface area contributed by atoms with Crippen molar-refractivity contribution in [3.63, 3.8) is 0 Å². The number of cyclic esters (lactones) is 1. The fourth-order valence-electron chi connectivity index (χ4n) is 2.43. The number of aliphatic hydroxyl groups excluding tert-OH is 2. The number of benzene rings is 1. The molecule has 1 heterocycles. The van der Waals surface area contributed by atoms with E-state index in [1.165, 1.54) is 18.2 Å². The van der Waals surface area contributed by atoms with Crippen molar-refractivity contribution in [1.82, 2.24) is 0 Å². The lowest BCUT2D eigenvalue weighted by molar-refractivity contribution is -0.127. The second-order valence-electron chi connectivity index (χ2n) is 5.92. The number of phenols is 2. The third-order valence-corrected chi connectivity index (χ3v) is 4.24. The first-order valence-corrected chi connectivity index (χ1v) is 8.28. The molecule has 0 unspecified atom stereocenters. The Hall–Kier alpha value is -2.35. The molecular weight excluding hydrogens is 364 g/mol. The number of carbonyl (C=O) groups excluding carboxylic acids is 2. The lowest BCUT2D eigenvalue weighted by Crippen LogP contribution is -2.32. The Morgan fingerprint density at radius 3 is 2.42 bits per heavy atom. The second kappa shape index (κ2) is 8.35. The Kier molecular flexibility index (Phi) is 6.42. The first-order valence-electron chi connectivity index (χ1n) is 7.90. The fraction of sp³-hybridized carbons (Fsp3) is 0.333. The number of rotatable bonds is 0. The van der Waals surface area contributed by atoms with E-state index in [4.69, 9.17) is 16.3 Å². The van der Waals surface area contributed by atoms with Gasteiger partial charge in [0.2, 0.25) is 0 Å². The average molecular weight is 383 g/mol. The number of aromatic hydroxyl groups is 2. The smallest absolute Gasteiger partial charge is 0.342 e. The highest BCUT2D eigenvalue weighted by Crippen LogP contribution is 2.37. The summed E-state index contributed by atoms with van der Waals surface area (Å²) in [6.07, 6.45) is 1.63. The molecule has 4 N–H and O–H groups in total. The molecular formula is C18H19ClO7. The number of carbonyl (C=O) groups is 2. The molecule has 0 amide bonds. The van der Waals surface area contributed by atoms with Crippen LogP contribution in [0.25, 0.3) is 6.08 Å². The zero-order chi connectivity index (χ0) is 19.4. The maximum absolute atomic E-state index is 12.4. The molecule has 3 atom stereocenters. The predicted octanol–water partition coefficient (Wildman–Crippen LogP) is 1.95. The molecule has 2 rings (SSSR count). The minimum atomic E-state index is -1.61. The van der Waals surface area contributed by atoms with Crippen molar-refractivity contribution in [2.75, 3.05) is 0 Å². The van der Waals surface area contributed by atoms with E-state index >= 15 is 0 Å². The number of ketones is 1. The summed E-state index contributed by atoms with van der Waals surface area (Å²) >= 11 is 6.03. The van der Waals surface area contributed by atoms with Crippen LogP contribution in [0.2, 0.25) is 5.02 Å². The van der Waals surface area contributed by atoms with Crippen LogP contribution < -0.4 is 0 Å². The molecule has 1 aromatic rings. The van der Waals surface area contributed by atoms with Crippen molar-refractivity contribution in [1.29, 1.82) is 0 Å². The van der Waals surface area contributed by atoms with E-state index in [-0.39, 0.29) is 29.0 Å². The zero-order valence-corrected chi connectivity index (χ0v) is 14.7. The van der Waals surface area contributed by atoms with Crippen molar-refractivity contribution in [2.24, 2.45) is 0 Å². The lowest BCUT2D eigenvalue weighted by Gasteiger charge is -2.17. The predicted molar refractivity (Wildman–Crippen MR) is 94.1 cm³/mol. The molecule has 0 saturated carbocycles. The highest BCUT2D eigenvalue weighted by molar-refractivity contribution is 6.34. The van der Waals surface area contributed by atoms with E-state index in [0.717, 1.165) is 12.1 Å². The number of ether oxygens (including phenoxy) is 1. The number of esters is 1. The summed E-state index contributed by atoms with van der Waals surface area (Å²) < 4.78 is 5.23. The van der Waals surface area contributed by atoms with Gasteiger partial charge in [0.05, 0.1) is 11.1 Å². The van der Waals surface area contributed by atoms with Crippen LogP contribution in [0.4, 0.5) is 0 Å². The highest BCUT2D eigenvalue weighted by atomic mass is 35.5. The number of halogens is 1. The van der Waals surface area contributed by atoms with Gasteiger partial charge in [-0.2, -0.15) is 0 Å². The molecule has 0 fully saturated rings. The van der Waals surface area contributed by atoms with Crippen molar-refractivity contribution in [3.8, 4) is 11.5 Å². The van der Waals surface area contributed by atoms with Crippen LogP contribution in [0.1, 0.15) is 35.7 Å². The monoisotopic (exact) mass is 382 g/mol. The lowest BCUT2D eigenvalue weighted by atomic mass is 10.0. The minimum absolute atomic E-state index is 0.00184. The van der Waals surface area contributed by atoms with Gasteiger partial charge in [-0.05, 0) is 19.4 Å². The summed E-state index contributed by atoms with van der Waals surface area (Å²) in [5.41, 5.74) is -0.231. The third kappa shape index (κ3) is 4.43. The van der Waals surface area contributed by atoms with E-state index in [9.17, 15) is 30.0 Å². The van der Waals surface area contributed by atoms with Gasteiger partial charge in [-0.25, -0.2) is 4.79 Å². The number of hydrogen-bond acceptors (Lipinski definition) is 7. The van der Waals surface area contributed by atoms with E-state index in [1.807, 2.05) is 0 Å². The largest absolute Gasteiger partial charge is 0.507 e. The van der Waals surface area contributed by atoms with Gasteiger partial charge in [-0.15, -0.1) is 0 Å². The van der Waals surface area contributed by atoms with Gasteiger partial charge < -0.3 is 25.2 Å². The summed E-state index contributed by atoms with van der Waals surface area (Å²) in [7, 11) is 0. The van der Waals surface area contributed by atoms with Crippen molar-refractivity contribution in [3.05, 3.63) is 40.4 Å². The van der Waals surface area contributed by atoms with Crippen molar-refractivity contribution in [2.45, 2.75) is 38.1 Å². The zero-order valence-electron chi connectivity index (χ0n) is 13.9. The normalized spacial score (nSPS) is 27.2. The Balaban J connectivity index is 2.51. The van der Waals surface area contributed by atoms with Gasteiger partial charge in [0.1, 0.15) is 29.3 Å². The Labute approximate surface area is 154 Å². The van der Waals surface area contributed by atoms with Crippen LogP contribution in [0, 0.1) is 0 Å². The van der Waals surface area contributed by atoms with Gasteiger partial charge in [-0.3, -0.25) is 4.79 Å². The molecule has 1 aliphatic heterocycles. The van der Waals surface area contributed by atoms with E-state index in [2.05, 4.69) is 0 Å². The molecule has 1 aromatic carbocycles. The van der Waals surface area contributed by atoms with Gasteiger partial charge in [0.25, 0.3) is 0 Å². The molecule has 0 aliphatic carbocycles. The second-order valence-corrected chi connectivity index (χ2v) is 6.30. The van der Waals surface area contributed by atoms with Crippen LogP contribution in [-0.2, 0) is 9.53 Å². The summed E-state index contributed by atoms with van der Waals surface area (Å²) in [4.78, 5) is 24.2. The SMILES string of the molecule is C[C@H]1C/C=C\C(=O)[C@@H](O)[C@@H](O)C/C=C/c2c(Cl)c(O)cc(O)c2C(=O)O1. The van der Waals surface area contributed by atoms with Crippen LogP contribution in [0.3, 0.4) is 0 Å². The minimum Gasteiger partial charge on any atom is -0.507 e. The van der Waals surface area contributed by atoms with Crippen LogP contribution in [0.5, 0.6) is 11.5 Å². The van der Waals surface area contributed by atoms with E-state index < -0.39 is 41.6 Å². The Bertz CT molecular complexity index is 769. The number of phenolic OH excluding ortho intramolecular Hbond substituents is 2. The molecule has 8 heteroatoms. The maximum Gasteiger partial charge on any atom is 0.342 e. The standard InChI is InChI=1S/C18H19ClO7/c1-9-4-2-6-11(20)17(24)12(21)7-3-5-10-15(18(25)26-9)13(22)8-14(23)16(10)19/h2-3,5-6,8-9,12,17,21-24H,4,7H2,1H3/b5-3+,6-2-/t9-,12-,17+/m0/s1. The van der Waals surface area contributed by atoms with Crippen LogP contribution in [-0.4, -0.2) is 50.5 Å². The third-order valence-electron chi connectivity index (χ3n) is 3.84. The quantitative estimate of drug-likeness (QED) is 0.505. The molecule has 0 spiro atoms. The molecule has 7 nitrogen and oxygen atoms in total. The maximum atomic E-state index is 12.4. The highest BCUT2D eigenvalue weighted by Gasteiger charge is 2.25. The molecule has 140 valence electrons. The molecule has 0 radical (unpaired) electrons. The number of aliphatic hydroxyl groups is 2. The first kappa shape index (κ1) is 20.0. The summed E-state index contributed by atoms with van der Waals surface area (Å²) in [5, 5.41) is 39.4. The van der Waals surface area contributed by atoms with Crippen molar-refractivity contribution < 1.29 is 34.8 Å². The van der Waals surface area contributed by atoms with Gasteiger partial charge in [-0.1, -0.05) is 29.8 Å². The average Bonchev–Trinajstić information content (AvgIpc) is 2.57. The molecule has 0 aromatic heterocycles. The van der Waals surface area contributed by atoms with E-state index in [0.29, 0.717) is 0 Å². The first-order chi connectivity index (χ1) is 12.2. The van der Waals surface area contributed by atoms with Gasteiger partial charge >= 0.3 is 5.97 Å². The molecule has 26 heavy (non-hydrogen) atoms. The van der Waals surface area contributed by atoms with Crippen LogP contribution >= 0.6 is 11.6 Å². The topological polar surface area (TPSA) is 124 Å². The van der Waals surface area contributed by atoms with Crippen molar-refractivity contribution >= 4 is 29.4 Å². The number of fused-ring (bicyclic) bond motifs is 1. The summed E-state index contributed by atoms with van der Waals surface area (Å²) in [6.45, 7) is 1.58. The summed E-state index contributed by atoms with van der Waals surface area (Å²) in [6, 6.07) is 0.932. The fourth-order valence-corrected chi connectivity index (χ4v) is 2.64. The Morgan fingerprint density at radius 2 is 1.73 bits per heavy atom. The molecule has 1 aliphatic rings. The molecule has 0 bridgehead atoms. The van der Waals surface area contributed by atoms with Crippen LogP contribution in [0.15, 0.2) is 24.3 Å². The van der Waals surface area contributed by atoms with Gasteiger partial charge in [0.15, 0.2) is 5.78 Å².